The third-order valence-electron chi connectivity index (χ3n) is 9.08. The van der Waals surface area contributed by atoms with Gasteiger partial charge in [-0.25, -0.2) is 0 Å². The van der Waals surface area contributed by atoms with Gasteiger partial charge in [0.25, 0.3) is 0 Å². The standard InChI is InChI=1S/C38H51N3O6/c1-26-34(24-41(4)27(2)36(45)31-11-7-5-8-12-31)46-38(47-37(26)32-18-16-30(25-42)17-19-32)33-20-14-29(15-21-33)23-40-35(44)13-9-6-10-22-39-28(3)43/h5,7-8,11-12,14-21,26-27,34,36-38,42,45H,6,9-10,13,22-25H2,1-4H3,(H,39,43)(H,40,44)/t26-,27-,34+,36-,37+,38+/m1/s1. The minimum atomic E-state index is -0.642. The molecule has 0 aromatic heterocycles. The number of carbonyl (C=O) groups is 2. The minimum absolute atomic E-state index is 0.00892. The third-order valence-corrected chi connectivity index (χ3v) is 9.08. The molecular formula is C38H51N3O6. The fourth-order valence-corrected chi connectivity index (χ4v) is 5.88. The highest BCUT2D eigenvalue weighted by Crippen LogP contribution is 2.42. The highest BCUT2D eigenvalue weighted by Gasteiger charge is 2.39. The number of aliphatic hydroxyl groups is 2. The number of hydrogen-bond acceptors (Lipinski definition) is 7. The monoisotopic (exact) mass is 645 g/mol. The molecule has 1 aliphatic heterocycles. The van der Waals surface area contributed by atoms with Crippen molar-refractivity contribution in [3.8, 4) is 0 Å². The van der Waals surface area contributed by atoms with Crippen LogP contribution in [0.3, 0.4) is 0 Å². The van der Waals surface area contributed by atoms with Crippen LogP contribution < -0.4 is 10.6 Å². The quantitative estimate of drug-likeness (QED) is 0.155. The van der Waals surface area contributed by atoms with Gasteiger partial charge < -0.3 is 30.3 Å². The predicted molar refractivity (Wildman–Crippen MR) is 182 cm³/mol. The highest BCUT2D eigenvalue weighted by molar-refractivity contribution is 5.75. The maximum Gasteiger partial charge on any atom is 0.220 e. The van der Waals surface area contributed by atoms with Crippen LogP contribution in [0.2, 0.25) is 0 Å². The van der Waals surface area contributed by atoms with Crippen molar-refractivity contribution in [3.05, 3.63) is 107 Å². The molecule has 0 aliphatic carbocycles. The fourth-order valence-electron chi connectivity index (χ4n) is 5.88. The number of benzene rings is 3. The van der Waals surface area contributed by atoms with Crippen LogP contribution in [0.5, 0.6) is 0 Å². The Morgan fingerprint density at radius 3 is 2.19 bits per heavy atom. The predicted octanol–water partition coefficient (Wildman–Crippen LogP) is 5.34. The second-order valence-electron chi connectivity index (χ2n) is 12.7. The van der Waals surface area contributed by atoms with E-state index in [2.05, 4.69) is 22.5 Å². The molecule has 4 N–H and O–H groups in total. The van der Waals surface area contributed by atoms with E-state index >= 15 is 0 Å². The molecule has 1 fully saturated rings. The van der Waals surface area contributed by atoms with Crippen LogP contribution in [0.25, 0.3) is 0 Å². The highest BCUT2D eigenvalue weighted by atomic mass is 16.7. The van der Waals surface area contributed by atoms with Crippen molar-refractivity contribution >= 4 is 11.8 Å². The molecule has 3 aromatic rings. The lowest BCUT2D eigenvalue weighted by Crippen LogP contribution is -2.46. The Morgan fingerprint density at radius 2 is 1.53 bits per heavy atom. The summed E-state index contributed by atoms with van der Waals surface area (Å²) in [6.45, 7) is 7.31. The van der Waals surface area contributed by atoms with E-state index in [0.717, 1.165) is 47.1 Å². The average molecular weight is 646 g/mol. The Morgan fingerprint density at radius 1 is 0.872 bits per heavy atom. The van der Waals surface area contributed by atoms with Gasteiger partial charge in [0, 0.05) is 50.5 Å². The van der Waals surface area contributed by atoms with Gasteiger partial charge in [-0.15, -0.1) is 0 Å². The summed E-state index contributed by atoms with van der Waals surface area (Å²) in [5, 5.41) is 26.4. The fraction of sp³-hybridized carbons (Fsp3) is 0.474. The van der Waals surface area contributed by atoms with Crippen LogP contribution in [0, 0.1) is 5.92 Å². The van der Waals surface area contributed by atoms with E-state index in [0.29, 0.717) is 26.1 Å². The molecule has 0 spiro atoms. The summed E-state index contributed by atoms with van der Waals surface area (Å²) in [5.74, 6) is -0.0135. The SMILES string of the molecule is CC(=O)NCCCCCC(=O)NCc1ccc([C@H]2O[C@@H](CN(C)[C@H](C)[C@@H](O)c3ccccc3)[C@@H](C)[C@@H](c3ccc(CO)cc3)O2)cc1. The molecule has 3 aromatic carbocycles. The summed E-state index contributed by atoms with van der Waals surface area (Å²) in [5.41, 5.74) is 4.60. The number of carbonyl (C=O) groups excluding carboxylic acids is 2. The maximum absolute atomic E-state index is 12.4. The maximum atomic E-state index is 12.4. The van der Waals surface area contributed by atoms with Gasteiger partial charge in [0.15, 0.2) is 6.29 Å². The molecule has 0 saturated carbocycles. The number of rotatable bonds is 16. The third kappa shape index (κ3) is 10.7. The van der Waals surface area contributed by atoms with Crippen LogP contribution in [0.15, 0.2) is 78.9 Å². The zero-order valence-electron chi connectivity index (χ0n) is 28.1. The number of nitrogens with one attached hydrogen (secondary N) is 2. The van der Waals surface area contributed by atoms with Crippen LogP contribution in [0.1, 0.15) is 92.8 Å². The second kappa shape index (κ2) is 18.1. The molecule has 1 aliphatic rings. The van der Waals surface area contributed by atoms with E-state index in [1.165, 1.54) is 6.92 Å². The van der Waals surface area contributed by atoms with Gasteiger partial charge in [0.1, 0.15) is 0 Å². The van der Waals surface area contributed by atoms with Crippen molar-refractivity contribution in [2.24, 2.45) is 5.92 Å². The van der Waals surface area contributed by atoms with Gasteiger partial charge in [0.05, 0.1) is 24.9 Å². The van der Waals surface area contributed by atoms with Gasteiger partial charge in [-0.1, -0.05) is 92.2 Å². The number of hydrogen-bond donors (Lipinski definition) is 4. The van der Waals surface area contributed by atoms with Crippen molar-refractivity contribution < 1.29 is 29.3 Å². The van der Waals surface area contributed by atoms with E-state index in [1.807, 2.05) is 92.8 Å². The van der Waals surface area contributed by atoms with Crippen molar-refractivity contribution in [2.75, 3.05) is 20.1 Å². The molecular weight excluding hydrogens is 594 g/mol. The summed E-state index contributed by atoms with van der Waals surface area (Å²) in [6, 6.07) is 25.4. The molecule has 6 atom stereocenters. The minimum Gasteiger partial charge on any atom is -0.392 e. The molecule has 0 radical (unpaired) electrons. The van der Waals surface area contributed by atoms with E-state index < -0.39 is 12.4 Å². The lowest BCUT2D eigenvalue weighted by atomic mass is 9.89. The van der Waals surface area contributed by atoms with E-state index in [9.17, 15) is 19.8 Å². The summed E-state index contributed by atoms with van der Waals surface area (Å²) >= 11 is 0. The number of ether oxygens (including phenoxy) is 2. The van der Waals surface area contributed by atoms with E-state index in [1.54, 1.807) is 0 Å². The molecule has 1 saturated heterocycles. The van der Waals surface area contributed by atoms with E-state index in [-0.39, 0.29) is 42.6 Å². The summed E-state index contributed by atoms with van der Waals surface area (Å²) < 4.78 is 13.2. The molecule has 254 valence electrons. The Labute approximate surface area is 279 Å². The number of aliphatic hydroxyl groups excluding tert-OH is 2. The van der Waals surface area contributed by atoms with Gasteiger partial charge in [-0.2, -0.15) is 0 Å². The summed E-state index contributed by atoms with van der Waals surface area (Å²) in [7, 11) is 2.01. The number of amides is 2. The van der Waals surface area contributed by atoms with Crippen LogP contribution in [-0.4, -0.2) is 59.2 Å². The van der Waals surface area contributed by atoms with Crippen LogP contribution in [-0.2, 0) is 32.2 Å². The molecule has 9 nitrogen and oxygen atoms in total. The number of likely N-dealkylation sites (N-methyl/N-ethyl adjacent to an activating group) is 1. The lowest BCUT2D eigenvalue weighted by Gasteiger charge is -2.43. The Hall–Kier alpha value is -3.60. The van der Waals surface area contributed by atoms with Gasteiger partial charge >= 0.3 is 0 Å². The molecule has 9 heteroatoms. The van der Waals surface area contributed by atoms with Crippen molar-refractivity contribution in [1.82, 2.24) is 15.5 Å². The largest absolute Gasteiger partial charge is 0.392 e. The van der Waals surface area contributed by atoms with Crippen LogP contribution >= 0.6 is 0 Å². The lowest BCUT2D eigenvalue weighted by molar-refractivity contribution is -0.276. The first kappa shape index (κ1) is 36.2. The molecule has 0 bridgehead atoms. The Bertz CT molecular complexity index is 1380. The first-order valence-corrected chi connectivity index (χ1v) is 16.7. The zero-order valence-corrected chi connectivity index (χ0v) is 28.1. The Balaban J connectivity index is 1.40. The van der Waals surface area contributed by atoms with Crippen molar-refractivity contribution in [3.63, 3.8) is 0 Å². The van der Waals surface area contributed by atoms with Crippen molar-refractivity contribution in [2.45, 2.75) is 90.2 Å². The summed E-state index contributed by atoms with van der Waals surface area (Å²) in [6.07, 6.45) is 1.30. The normalized spacial score (nSPS) is 20.8. The molecule has 4 rings (SSSR count). The Kier molecular flexibility index (Phi) is 13.9. The van der Waals surface area contributed by atoms with E-state index in [4.69, 9.17) is 9.47 Å². The first-order chi connectivity index (χ1) is 22.7. The topological polar surface area (TPSA) is 120 Å². The molecule has 0 unspecified atom stereocenters. The summed E-state index contributed by atoms with van der Waals surface area (Å²) in [4.78, 5) is 25.4. The molecule has 47 heavy (non-hydrogen) atoms. The van der Waals surface area contributed by atoms with Gasteiger partial charge in [-0.3, -0.25) is 14.5 Å². The smallest absolute Gasteiger partial charge is 0.220 e. The van der Waals surface area contributed by atoms with Gasteiger partial charge in [-0.05, 0) is 49.1 Å². The average Bonchev–Trinajstić information content (AvgIpc) is 3.09. The second-order valence-corrected chi connectivity index (χ2v) is 12.7. The molecule has 2 amide bonds. The first-order valence-electron chi connectivity index (χ1n) is 16.7. The number of unbranched alkanes of at least 4 members (excludes halogenated alkanes) is 2. The molecule has 1 heterocycles. The number of nitrogens with zero attached hydrogens (tertiary/aromatic N) is 1. The van der Waals surface area contributed by atoms with Gasteiger partial charge in [0.2, 0.25) is 11.8 Å². The zero-order chi connectivity index (χ0) is 33.8. The van der Waals surface area contributed by atoms with Crippen molar-refractivity contribution in [1.29, 1.82) is 0 Å². The van der Waals surface area contributed by atoms with Crippen LogP contribution in [0.4, 0.5) is 0 Å².